The highest BCUT2D eigenvalue weighted by Crippen LogP contribution is 2.24. The summed E-state index contributed by atoms with van der Waals surface area (Å²) in [5, 5.41) is 11.8. The van der Waals surface area contributed by atoms with Gasteiger partial charge in [0.15, 0.2) is 5.82 Å². The molecular formula is C22H21ClF2N4O. The molecule has 0 radical (unpaired) electrons. The third-order valence-electron chi connectivity index (χ3n) is 4.41. The predicted molar refractivity (Wildman–Crippen MR) is 114 cm³/mol. The Hall–Kier alpha value is -3.06. The molecule has 3 rings (SSSR count). The van der Waals surface area contributed by atoms with Crippen LogP contribution < -0.4 is 10.1 Å². The zero-order valence-corrected chi connectivity index (χ0v) is 17.4. The first-order valence-corrected chi connectivity index (χ1v) is 9.87. The summed E-state index contributed by atoms with van der Waals surface area (Å²) in [6.45, 7) is 3.88. The monoisotopic (exact) mass is 430 g/mol. The van der Waals surface area contributed by atoms with Crippen LogP contribution >= 0.6 is 11.6 Å². The van der Waals surface area contributed by atoms with Gasteiger partial charge in [-0.25, -0.2) is 18.7 Å². The molecule has 0 spiro atoms. The Labute approximate surface area is 178 Å². The van der Waals surface area contributed by atoms with E-state index in [1.807, 2.05) is 6.92 Å². The number of aryl methyl sites for hydroxylation is 1. The van der Waals surface area contributed by atoms with Crippen LogP contribution in [0, 0.1) is 17.0 Å². The molecule has 0 bridgehead atoms. The summed E-state index contributed by atoms with van der Waals surface area (Å²) in [6.07, 6.45) is 0.651. The minimum Gasteiger partial charge on any atom is -0.494 e. The molecule has 2 N–H and O–H groups in total. The summed E-state index contributed by atoms with van der Waals surface area (Å²) in [5.41, 5.74) is 1.68. The number of benzene rings is 2. The normalized spacial score (nSPS) is 10.7. The third-order valence-corrected chi connectivity index (χ3v) is 4.60. The lowest BCUT2D eigenvalue weighted by atomic mass is 10.1. The molecule has 2 aromatic carbocycles. The summed E-state index contributed by atoms with van der Waals surface area (Å²) in [7, 11) is 0. The molecule has 0 aliphatic carbocycles. The van der Waals surface area contributed by atoms with E-state index in [-0.39, 0.29) is 34.5 Å². The molecule has 30 heavy (non-hydrogen) atoms. The maximum atomic E-state index is 14.4. The molecule has 0 unspecified atom stereocenters. The van der Waals surface area contributed by atoms with Crippen molar-refractivity contribution in [3.8, 4) is 5.75 Å². The topological polar surface area (TPSA) is 70.9 Å². The fourth-order valence-corrected chi connectivity index (χ4v) is 3.12. The van der Waals surface area contributed by atoms with Crippen molar-refractivity contribution < 1.29 is 13.5 Å². The van der Waals surface area contributed by atoms with Crippen LogP contribution in [0.2, 0.25) is 5.15 Å². The van der Waals surface area contributed by atoms with Gasteiger partial charge in [0.1, 0.15) is 28.2 Å². The van der Waals surface area contributed by atoms with E-state index in [2.05, 4.69) is 15.3 Å². The van der Waals surface area contributed by atoms with Gasteiger partial charge in [-0.05, 0) is 25.5 Å². The van der Waals surface area contributed by atoms with Gasteiger partial charge >= 0.3 is 0 Å². The zero-order valence-electron chi connectivity index (χ0n) is 16.6. The van der Waals surface area contributed by atoms with E-state index >= 15 is 0 Å². The maximum absolute atomic E-state index is 14.4. The fraction of sp³-hybridized carbons (Fsp3) is 0.227. The van der Waals surface area contributed by atoms with Crippen molar-refractivity contribution in [3.05, 3.63) is 81.9 Å². The van der Waals surface area contributed by atoms with Gasteiger partial charge in [0.2, 0.25) is 0 Å². The van der Waals surface area contributed by atoms with Crippen molar-refractivity contribution in [3.63, 3.8) is 0 Å². The van der Waals surface area contributed by atoms with E-state index in [1.165, 1.54) is 0 Å². The second-order valence-corrected chi connectivity index (χ2v) is 6.82. The van der Waals surface area contributed by atoms with Gasteiger partial charge in [0, 0.05) is 41.2 Å². The van der Waals surface area contributed by atoms with Crippen LogP contribution in [-0.4, -0.2) is 22.3 Å². The van der Waals surface area contributed by atoms with Crippen molar-refractivity contribution in [1.29, 1.82) is 5.41 Å². The Kier molecular flexibility index (Phi) is 6.95. The lowest BCUT2D eigenvalue weighted by Crippen LogP contribution is -2.13. The van der Waals surface area contributed by atoms with Gasteiger partial charge in [-0.3, -0.25) is 5.41 Å². The van der Waals surface area contributed by atoms with E-state index in [0.717, 1.165) is 17.8 Å². The number of nitrogens with zero attached hydrogens (tertiary/aromatic N) is 2. The molecule has 1 aromatic heterocycles. The first-order valence-electron chi connectivity index (χ1n) is 9.49. The van der Waals surface area contributed by atoms with E-state index in [9.17, 15) is 8.78 Å². The second-order valence-electron chi connectivity index (χ2n) is 6.43. The van der Waals surface area contributed by atoms with Gasteiger partial charge in [0.05, 0.1) is 6.61 Å². The van der Waals surface area contributed by atoms with E-state index in [1.54, 1.807) is 37.3 Å². The Morgan fingerprint density at radius 2 is 1.80 bits per heavy atom. The molecule has 5 nitrogen and oxygen atoms in total. The van der Waals surface area contributed by atoms with Gasteiger partial charge < -0.3 is 10.1 Å². The molecular weight excluding hydrogens is 410 g/mol. The lowest BCUT2D eigenvalue weighted by molar-refractivity contribution is 0.335. The highest BCUT2D eigenvalue weighted by atomic mass is 35.5. The average molecular weight is 431 g/mol. The standard InChI is InChI=1S/C22H21ClF2N4O/c1-3-13-9-20(23)29-22(28-13)21(26)15-7-5-6-8-19(15)27-12-16-17(24)10-14(30-4-2)11-18(16)25/h5-11,26-27H,3-4,12H2,1-2H3. The molecule has 0 saturated carbocycles. The van der Waals surface area contributed by atoms with Gasteiger partial charge in [0.25, 0.3) is 0 Å². The van der Waals surface area contributed by atoms with Crippen molar-refractivity contribution >= 4 is 23.0 Å². The van der Waals surface area contributed by atoms with Gasteiger partial charge in [-0.1, -0.05) is 36.7 Å². The number of aromatic nitrogens is 2. The molecule has 0 aliphatic heterocycles. The number of hydrogen-bond acceptors (Lipinski definition) is 5. The van der Waals surface area contributed by atoms with Crippen LogP contribution in [0.25, 0.3) is 0 Å². The molecule has 0 amide bonds. The SMILES string of the molecule is CCOc1cc(F)c(CNc2ccccc2C(=N)c2nc(Cl)cc(CC)n2)c(F)c1. The van der Waals surface area contributed by atoms with Crippen LogP contribution in [0.5, 0.6) is 5.75 Å². The molecule has 156 valence electrons. The first kappa shape index (κ1) is 21.6. The first-order chi connectivity index (χ1) is 14.4. The average Bonchev–Trinajstić information content (AvgIpc) is 2.72. The lowest BCUT2D eigenvalue weighted by Gasteiger charge is -2.14. The number of ether oxygens (including phenoxy) is 1. The van der Waals surface area contributed by atoms with Crippen LogP contribution in [0.15, 0.2) is 42.5 Å². The second kappa shape index (κ2) is 9.63. The van der Waals surface area contributed by atoms with Gasteiger partial charge in [-0.15, -0.1) is 0 Å². The number of anilines is 1. The highest BCUT2D eigenvalue weighted by Gasteiger charge is 2.16. The van der Waals surface area contributed by atoms with Crippen LogP contribution in [-0.2, 0) is 13.0 Å². The number of halogens is 3. The number of para-hydroxylation sites is 1. The van der Waals surface area contributed by atoms with E-state index in [0.29, 0.717) is 24.3 Å². The maximum Gasteiger partial charge on any atom is 0.179 e. The molecule has 0 fully saturated rings. The highest BCUT2D eigenvalue weighted by molar-refractivity contribution is 6.29. The molecule has 1 heterocycles. The minimum absolute atomic E-state index is 0.0583. The van der Waals surface area contributed by atoms with Crippen molar-refractivity contribution in [1.82, 2.24) is 9.97 Å². The van der Waals surface area contributed by atoms with Crippen LogP contribution in [0.1, 0.15) is 36.5 Å². The van der Waals surface area contributed by atoms with Crippen LogP contribution in [0.3, 0.4) is 0 Å². The molecule has 0 saturated heterocycles. The quantitative estimate of drug-likeness (QED) is 0.371. The summed E-state index contributed by atoms with van der Waals surface area (Å²) >= 11 is 6.05. The largest absolute Gasteiger partial charge is 0.494 e. The Bertz CT molecular complexity index is 1050. The van der Waals surface area contributed by atoms with Crippen molar-refractivity contribution in [2.45, 2.75) is 26.8 Å². The summed E-state index contributed by atoms with van der Waals surface area (Å²) in [6, 6.07) is 10.9. The van der Waals surface area contributed by atoms with Crippen LogP contribution in [0.4, 0.5) is 14.5 Å². The number of hydrogen-bond donors (Lipinski definition) is 2. The third kappa shape index (κ3) is 4.91. The smallest absolute Gasteiger partial charge is 0.179 e. The summed E-state index contributed by atoms with van der Waals surface area (Å²) < 4.78 is 33.9. The molecule has 8 heteroatoms. The molecule has 3 aromatic rings. The number of rotatable bonds is 8. The predicted octanol–water partition coefficient (Wildman–Crippen LogP) is 5.40. The zero-order chi connectivity index (χ0) is 21.7. The minimum atomic E-state index is -0.704. The van der Waals surface area contributed by atoms with Crippen molar-refractivity contribution in [2.24, 2.45) is 0 Å². The Morgan fingerprint density at radius 3 is 2.47 bits per heavy atom. The van der Waals surface area contributed by atoms with Crippen molar-refractivity contribution in [2.75, 3.05) is 11.9 Å². The summed E-state index contributed by atoms with van der Waals surface area (Å²) in [4.78, 5) is 8.50. The molecule has 0 aliphatic rings. The Morgan fingerprint density at radius 1 is 1.10 bits per heavy atom. The van der Waals surface area contributed by atoms with E-state index in [4.69, 9.17) is 21.7 Å². The van der Waals surface area contributed by atoms with E-state index < -0.39 is 11.6 Å². The summed E-state index contributed by atoms with van der Waals surface area (Å²) in [5.74, 6) is -1.08. The van der Waals surface area contributed by atoms with Gasteiger partial charge in [-0.2, -0.15) is 0 Å². The number of nitrogens with one attached hydrogen (secondary N) is 2. The molecule has 0 atom stereocenters. The Balaban J connectivity index is 1.86. The fourth-order valence-electron chi connectivity index (χ4n) is 2.92.